The summed E-state index contributed by atoms with van der Waals surface area (Å²) in [4.78, 5) is 24.8. The van der Waals surface area contributed by atoms with Gasteiger partial charge in [-0.3, -0.25) is 4.90 Å². The predicted molar refractivity (Wildman–Crippen MR) is 120 cm³/mol. The van der Waals surface area contributed by atoms with Crippen LogP contribution in [-0.2, 0) is 11.3 Å². The Kier molecular flexibility index (Phi) is 7.19. The van der Waals surface area contributed by atoms with E-state index in [1.807, 2.05) is 36.5 Å². The molecule has 166 valence electrons. The van der Waals surface area contributed by atoms with Crippen LogP contribution >= 0.6 is 0 Å². The SMILES string of the molecule is O=C(O)COc1ccccc1CN1CCC(Nc2nccc(N3CCCCCC3)n2)C1. The summed E-state index contributed by atoms with van der Waals surface area (Å²) in [5.74, 6) is 1.37. The Morgan fingerprint density at radius 3 is 2.74 bits per heavy atom. The van der Waals surface area contributed by atoms with Gasteiger partial charge in [-0.05, 0) is 31.4 Å². The quantitative estimate of drug-likeness (QED) is 0.667. The first-order chi connectivity index (χ1) is 15.2. The highest BCUT2D eigenvalue weighted by molar-refractivity contribution is 5.68. The lowest BCUT2D eigenvalue weighted by molar-refractivity contribution is -0.139. The van der Waals surface area contributed by atoms with Crippen molar-refractivity contribution in [2.24, 2.45) is 0 Å². The van der Waals surface area contributed by atoms with Gasteiger partial charge >= 0.3 is 5.97 Å². The Labute approximate surface area is 183 Å². The number of carbonyl (C=O) groups is 1. The Bertz CT molecular complexity index is 870. The minimum absolute atomic E-state index is 0.284. The molecule has 1 unspecified atom stereocenters. The lowest BCUT2D eigenvalue weighted by atomic mass is 10.2. The van der Waals surface area contributed by atoms with Crippen molar-refractivity contribution in [2.75, 3.05) is 43.0 Å². The second kappa shape index (κ2) is 10.4. The monoisotopic (exact) mass is 425 g/mol. The summed E-state index contributed by atoms with van der Waals surface area (Å²) in [5.41, 5.74) is 1.00. The van der Waals surface area contributed by atoms with Gasteiger partial charge in [-0.2, -0.15) is 4.98 Å². The third kappa shape index (κ3) is 6.07. The molecule has 2 aliphatic rings. The van der Waals surface area contributed by atoms with Crippen LogP contribution in [0.15, 0.2) is 36.5 Å². The zero-order valence-electron chi connectivity index (χ0n) is 17.9. The van der Waals surface area contributed by atoms with Crippen LogP contribution < -0.4 is 15.0 Å². The van der Waals surface area contributed by atoms with E-state index in [0.717, 1.165) is 50.5 Å². The minimum atomic E-state index is -0.970. The number of benzene rings is 1. The van der Waals surface area contributed by atoms with Crippen molar-refractivity contribution < 1.29 is 14.6 Å². The number of carboxylic acids is 1. The number of para-hydroxylation sites is 1. The summed E-state index contributed by atoms with van der Waals surface area (Å²) < 4.78 is 5.44. The maximum Gasteiger partial charge on any atom is 0.341 e. The summed E-state index contributed by atoms with van der Waals surface area (Å²) in [7, 11) is 0. The molecule has 0 radical (unpaired) electrons. The number of hydrogen-bond acceptors (Lipinski definition) is 7. The molecular formula is C23H31N5O3. The van der Waals surface area contributed by atoms with Gasteiger partial charge in [0.25, 0.3) is 0 Å². The molecule has 4 rings (SSSR count). The third-order valence-electron chi connectivity index (χ3n) is 5.89. The lowest BCUT2D eigenvalue weighted by Crippen LogP contribution is -2.28. The lowest BCUT2D eigenvalue weighted by Gasteiger charge is -2.22. The van der Waals surface area contributed by atoms with E-state index in [1.54, 1.807) is 0 Å². The number of carboxylic acid groups (broad SMARTS) is 1. The first-order valence-corrected chi connectivity index (χ1v) is 11.2. The van der Waals surface area contributed by atoms with E-state index in [0.29, 0.717) is 11.7 Å². The highest BCUT2D eigenvalue weighted by atomic mass is 16.5. The molecule has 1 atom stereocenters. The molecular weight excluding hydrogens is 394 g/mol. The highest BCUT2D eigenvalue weighted by Crippen LogP contribution is 2.24. The van der Waals surface area contributed by atoms with Gasteiger partial charge in [0.2, 0.25) is 5.95 Å². The van der Waals surface area contributed by atoms with E-state index < -0.39 is 5.97 Å². The summed E-state index contributed by atoms with van der Waals surface area (Å²) in [5, 5.41) is 12.4. The van der Waals surface area contributed by atoms with Crippen LogP contribution in [0.4, 0.5) is 11.8 Å². The van der Waals surface area contributed by atoms with Gasteiger partial charge in [0.15, 0.2) is 6.61 Å². The number of likely N-dealkylation sites (tertiary alicyclic amines) is 1. The average Bonchev–Trinajstić information content (AvgIpc) is 3.03. The van der Waals surface area contributed by atoms with Gasteiger partial charge in [-0.25, -0.2) is 9.78 Å². The first kappa shape index (κ1) is 21.4. The van der Waals surface area contributed by atoms with E-state index in [-0.39, 0.29) is 12.6 Å². The second-order valence-corrected chi connectivity index (χ2v) is 8.29. The van der Waals surface area contributed by atoms with Gasteiger partial charge in [0.05, 0.1) is 0 Å². The molecule has 0 amide bonds. The smallest absolute Gasteiger partial charge is 0.341 e. The molecule has 1 aromatic heterocycles. The third-order valence-corrected chi connectivity index (χ3v) is 5.89. The molecule has 0 saturated carbocycles. The zero-order valence-corrected chi connectivity index (χ0v) is 17.9. The number of anilines is 2. The van der Waals surface area contributed by atoms with Crippen LogP contribution in [0.2, 0.25) is 0 Å². The largest absolute Gasteiger partial charge is 0.482 e. The van der Waals surface area contributed by atoms with E-state index in [1.165, 1.54) is 25.7 Å². The standard InChI is InChI=1S/C23H31N5O3/c29-22(30)17-31-20-8-4-3-7-18(20)15-27-14-10-19(16-27)25-23-24-11-9-21(26-23)28-12-5-1-2-6-13-28/h3-4,7-9,11,19H,1-2,5-6,10,12-17H2,(H,29,30)(H,24,25,26). The molecule has 2 saturated heterocycles. The van der Waals surface area contributed by atoms with Crippen molar-refractivity contribution >= 4 is 17.7 Å². The molecule has 31 heavy (non-hydrogen) atoms. The minimum Gasteiger partial charge on any atom is -0.482 e. The topological polar surface area (TPSA) is 90.8 Å². The summed E-state index contributed by atoms with van der Waals surface area (Å²) in [6.45, 7) is 4.36. The number of nitrogens with one attached hydrogen (secondary N) is 1. The molecule has 1 aromatic carbocycles. The Morgan fingerprint density at radius 1 is 1.13 bits per heavy atom. The van der Waals surface area contributed by atoms with E-state index in [2.05, 4.69) is 20.1 Å². The van der Waals surface area contributed by atoms with Crippen LogP contribution in [0, 0.1) is 0 Å². The van der Waals surface area contributed by atoms with Crippen LogP contribution in [0.1, 0.15) is 37.7 Å². The molecule has 8 heteroatoms. The number of ether oxygens (including phenoxy) is 1. The van der Waals surface area contributed by atoms with Crippen molar-refractivity contribution in [2.45, 2.75) is 44.7 Å². The molecule has 0 bridgehead atoms. The molecule has 0 spiro atoms. The fourth-order valence-corrected chi connectivity index (χ4v) is 4.33. The molecule has 8 nitrogen and oxygen atoms in total. The highest BCUT2D eigenvalue weighted by Gasteiger charge is 2.24. The Hall–Kier alpha value is -2.87. The molecule has 2 N–H and O–H groups in total. The van der Waals surface area contributed by atoms with Crippen molar-refractivity contribution in [1.82, 2.24) is 14.9 Å². The summed E-state index contributed by atoms with van der Waals surface area (Å²) in [6.07, 6.45) is 7.90. The van der Waals surface area contributed by atoms with E-state index >= 15 is 0 Å². The number of hydrogen-bond donors (Lipinski definition) is 2. The van der Waals surface area contributed by atoms with Crippen molar-refractivity contribution in [3.05, 3.63) is 42.1 Å². The van der Waals surface area contributed by atoms with Gasteiger partial charge in [0.1, 0.15) is 11.6 Å². The average molecular weight is 426 g/mol. The maximum atomic E-state index is 10.8. The Balaban J connectivity index is 1.33. The zero-order chi connectivity index (χ0) is 21.5. The van der Waals surface area contributed by atoms with Crippen LogP contribution in [0.5, 0.6) is 5.75 Å². The van der Waals surface area contributed by atoms with Crippen molar-refractivity contribution in [3.63, 3.8) is 0 Å². The first-order valence-electron chi connectivity index (χ1n) is 11.2. The van der Waals surface area contributed by atoms with Gasteiger partial charge in [-0.15, -0.1) is 0 Å². The van der Waals surface area contributed by atoms with E-state index in [4.69, 9.17) is 14.8 Å². The fraction of sp³-hybridized carbons (Fsp3) is 0.522. The number of nitrogens with zero attached hydrogens (tertiary/aromatic N) is 4. The summed E-state index contributed by atoms with van der Waals surface area (Å²) >= 11 is 0. The molecule has 3 heterocycles. The number of aromatic nitrogens is 2. The number of aliphatic carboxylic acids is 1. The number of rotatable bonds is 8. The summed E-state index contributed by atoms with van der Waals surface area (Å²) in [6, 6.07) is 9.93. The maximum absolute atomic E-state index is 10.8. The van der Waals surface area contributed by atoms with Crippen molar-refractivity contribution in [3.8, 4) is 5.75 Å². The van der Waals surface area contributed by atoms with E-state index in [9.17, 15) is 4.79 Å². The fourth-order valence-electron chi connectivity index (χ4n) is 4.33. The van der Waals surface area contributed by atoms with Crippen LogP contribution in [-0.4, -0.2) is 64.8 Å². The van der Waals surface area contributed by atoms with Crippen LogP contribution in [0.3, 0.4) is 0 Å². The normalized spacial score (nSPS) is 19.7. The van der Waals surface area contributed by atoms with Crippen LogP contribution in [0.25, 0.3) is 0 Å². The van der Waals surface area contributed by atoms with Gasteiger partial charge < -0.3 is 20.1 Å². The van der Waals surface area contributed by atoms with Gasteiger partial charge in [0, 0.05) is 50.5 Å². The molecule has 2 aromatic rings. The predicted octanol–water partition coefficient (Wildman–Crippen LogP) is 3.01. The van der Waals surface area contributed by atoms with Crippen molar-refractivity contribution in [1.29, 1.82) is 0 Å². The Morgan fingerprint density at radius 2 is 1.94 bits per heavy atom. The molecule has 0 aliphatic carbocycles. The molecule has 2 aliphatic heterocycles. The molecule has 2 fully saturated rings. The second-order valence-electron chi connectivity index (χ2n) is 8.29. The van der Waals surface area contributed by atoms with Gasteiger partial charge in [-0.1, -0.05) is 31.0 Å².